The Kier molecular flexibility index (Phi) is 7.72. The second kappa shape index (κ2) is 9.79. The minimum absolute atomic E-state index is 0.0299. The van der Waals surface area contributed by atoms with Crippen LogP contribution in [0.4, 0.5) is 0 Å². The van der Waals surface area contributed by atoms with Crippen LogP contribution >= 0.6 is 15.9 Å². The average Bonchev–Trinajstić information content (AvgIpc) is 2.59. The van der Waals surface area contributed by atoms with Gasteiger partial charge in [0.25, 0.3) is 5.91 Å². The Bertz CT molecular complexity index is 557. The quantitative estimate of drug-likeness (QED) is 0.744. The first-order valence-corrected chi connectivity index (χ1v) is 9.40. The highest BCUT2D eigenvalue weighted by atomic mass is 79.9. The molecule has 6 heteroatoms. The van der Waals surface area contributed by atoms with E-state index in [0.717, 1.165) is 43.4 Å². The molecule has 1 aliphatic heterocycles. The van der Waals surface area contributed by atoms with Gasteiger partial charge in [0.15, 0.2) is 0 Å². The monoisotopic (exact) mass is 395 g/mol. The molecule has 2 rings (SSSR count). The van der Waals surface area contributed by atoms with Crippen molar-refractivity contribution in [2.24, 2.45) is 5.92 Å². The molecule has 2 N–H and O–H groups in total. The number of benzene rings is 1. The highest BCUT2D eigenvalue weighted by molar-refractivity contribution is 9.10. The van der Waals surface area contributed by atoms with E-state index in [4.69, 9.17) is 0 Å². The molecule has 0 spiro atoms. The van der Waals surface area contributed by atoms with Crippen LogP contribution in [0.1, 0.15) is 36.5 Å². The van der Waals surface area contributed by atoms with Crippen molar-refractivity contribution in [1.82, 2.24) is 15.5 Å². The molecular formula is C18H26BrN3O2. The Morgan fingerprint density at radius 2 is 2.00 bits per heavy atom. The lowest BCUT2D eigenvalue weighted by Gasteiger charge is -2.31. The minimum atomic E-state index is -0.0299. The summed E-state index contributed by atoms with van der Waals surface area (Å²) in [6.45, 7) is 5.80. The number of nitrogens with one attached hydrogen (secondary N) is 2. The van der Waals surface area contributed by atoms with E-state index in [2.05, 4.69) is 31.5 Å². The highest BCUT2D eigenvalue weighted by Crippen LogP contribution is 2.16. The molecule has 1 aromatic carbocycles. The van der Waals surface area contributed by atoms with Gasteiger partial charge in [0.05, 0.1) is 6.54 Å². The number of rotatable bonds is 7. The maximum Gasteiger partial charge on any atom is 0.251 e. The molecule has 0 saturated carbocycles. The van der Waals surface area contributed by atoms with E-state index in [1.807, 2.05) is 31.2 Å². The Balaban J connectivity index is 1.68. The highest BCUT2D eigenvalue weighted by Gasteiger charge is 2.21. The molecule has 1 fully saturated rings. The zero-order chi connectivity index (χ0) is 17.4. The molecule has 0 bridgehead atoms. The van der Waals surface area contributed by atoms with Crippen LogP contribution in [0.3, 0.4) is 0 Å². The van der Waals surface area contributed by atoms with E-state index >= 15 is 0 Å². The largest absolute Gasteiger partial charge is 0.355 e. The van der Waals surface area contributed by atoms with Gasteiger partial charge >= 0.3 is 0 Å². The Labute approximate surface area is 152 Å². The molecule has 1 aliphatic rings. The zero-order valence-corrected chi connectivity index (χ0v) is 15.8. The molecule has 1 saturated heterocycles. The maximum absolute atomic E-state index is 12.2. The lowest BCUT2D eigenvalue weighted by molar-refractivity contribution is -0.122. The molecule has 2 amide bonds. The third-order valence-electron chi connectivity index (χ3n) is 4.28. The number of carbonyl (C=O) groups excluding carboxylic acids is 2. The van der Waals surface area contributed by atoms with Gasteiger partial charge in [-0.3, -0.25) is 14.5 Å². The molecule has 0 unspecified atom stereocenters. The number of nitrogens with zero attached hydrogens (tertiary/aromatic N) is 1. The zero-order valence-electron chi connectivity index (χ0n) is 14.2. The van der Waals surface area contributed by atoms with Crippen molar-refractivity contribution >= 4 is 27.7 Å². The number of carbonyl (C=O) groups is 2. The SMILES string of the molecule is CCCNC(=O)CN1CCC(CNC(=O)c2cccc(Br)c2)CC1. The first-order valence-electron chi connectivity index (χ1n) is 8.61. The van der Waals surface area contributed by atoms with Crippen LogP contribution in [0.25, 0.3) is 0 Å². The summed E-state index contributed by atoms with van der Waals surface area (Å²) >= 11 is 3.38. The van der Waals surface area contributed by atoms with Crippen molar-refractivity contribution in [3.8, 4) is 0 Å². The van der Waals surface area contributed by atoms with Crippen LogP contribution in [0.15, 0.2) is 28.7 Å². The van der Waals surface area contributed by atoms with E-state index in [9.17, 15) is 9.59 Å². The van der Waals surface area contributed by atoms with E-state index in [-0.39, 0.29) is 11.8 Å². The van der Waals surface area contributed by atoms with Crippen LogP contribution < -0.4 is 10.6 Å². The van der Waals surface area contributed by atoms with Crippen molar-refractivity contribution in [2.45, 2.75) is 26.2 Å². The number of hydrogen-bond donors (Lipinski definition) is 2. The smallest absolute Gasteiger partial charge is 0.251 e. The summed E-state index contributed by atoms with van der Waals surface area (Å²) in [5, 5.41) is 5.93. The number of piperidine rings is 1. The van der Waals surface area contributed by atoms with Crippen molar-refractivity contribution in [3.63, 3.8) is 0 Å². The summed E-state index contributed by atoms with van der Waals surface area (Å²) in [6.07, 6.45) is 2.99. The Morgan fingerprint density at radius 1 is 1.25 bits per heavy atom. The standard InChI is InChI=1S/C18H26BrN3O2/c1-2-8-20-17(23)13-22-9-6-14(7-10-22)12-21-18(24)15-4-3-5-16(19)11-15/h3-5,11,14H,2,6-10,12-13H2,1H3,(H,20,23)(H,21,24). The fourth-order valence-electron chi connectivity index (χ4n) is 2.84. The average molecular weight is 396 g/mol. The summed E-state index contributed by atoms with van der Waals surface area (Å²) in [5.74, 6) is 0.562. The number of hydrogen-bond acceptors (Lipinski definition) is 3. The third kappa shape index (κ3) is 6.24. The van der Waals surface area contributed by atoms with Crippen molar-refractivity contribution in [2.75, 3.05) is 32.7 Å². The van der Waals surface area contributed by atoms with Crippen LogP contribution in [0, 0.1) is 5.92 Å². The molecule has 5 nitrogen and oxygen atoms in total. The predicted molar refractivity (Wildman–Crippen MR) is 98.9 cm³/mol. The first-order chi connectivity index (χ1) is 11.6. The first kappa shape index (κ1) is 18.9. The summed E-state index contributed by atoms with van der Waals surface area (Å²) in [4.78, 5) is 26.1. The van der Waals surface area contributed by atoms with Crippen molar-refractivity contribution in [1.29, 1.82) is 0 Å². The Hall–Kier alpha value is -1.40. The van der Waals surface area contributed by atoms with Gasteiger partial charge in [0.1, 0.15) is 0 Å². The summed E-state index contributed by atoms with van der Waals surface area (Å²) in [7, 11) is 0. The van der Waals surface area contributed by atoms with Crippen molar-refractivity contribution in [3.05, 3.63) is 34.3 Å². The van der Waals surface area contributed by atoms with Crippen LogP contribution in [0.2, 0.25) is 0 Å². The lowest BCUT2D eigenvalue weighted by Crippen LogP contribution is -2.43. The number of likely N-dealkylation sites (tertiary alicyclic amines) is 1. The summed E-state index contributed by atoms with van der Waals surface area (Å²) < 4.78 is 0.907. The molecule has 0 aliphatic carbocycles. The predicted octanol–water partition coefficient (Wildman–Crippen LogP) is 2.42. The molecule has 24 heavy (non-hydrogen) atoms. The van der Waals surface area contributed by atoms with Gasteiger partial charge in [-0.1, -0.05) is 28.9 Å². The second-order valence-corrected chi connectivity index (χ2v) is 7.21. The summed E-state index contributed by atoms with van der Waals surface area (Å²) in [6, 6.07) is 7.41. The normalized spacial score (nSPS) is 15.9. The molecule has 1 aromatic rings. The molecule has 0 atom stereocenters. The number of amides is 2. The number of halogens is 1. The van der Waals surface area contributed by atoms with Crippen LogP contribution in [-0.4, -0.2) is 49.4 Å². The molecule has 0 radical (unpaired) electrons. The fourth-order valence-corrected chi connectivity index (χ4v) is 3.24. The molecule has 132 valence electrons. The second-order valence-electron chi connectivity index (χ2n) is 6.29. The van der Waals surface area contributed by atoms with Gasteiger partial charge < -0.3 is 10.6 Å². The van der Waals surface area contributed by atoms with Crippen molar-refractivity contribution < 1.29 is 9.59 Å². The van der Waals surface area contributed by atoms with E-state index < -0.39 is 0 Å². The maximum atomic E-state index is 12.2. The molecular weight excluding hydrogens is 370 g/mol. The van der Waals surface area contributed by atoms with Gasteiger partial charge in [-0.25, -0.2) is 0 Å². The van der Waals surface area contributed by atoms with Gasteiger partial charge in [-0.05, 0) is 56.5 Å². The van der Waals surface area contributed by atoms with Gasteiger partial charge in [-0.15, -0.1) is 0 Å². The third-order valence-corrected chi connectivity index (χ3v) is 4.78. The van der Waals surface area contributed by atoms with E-state index in [1.165, 1.54) is 0 Å². The van der Waals surface area contributed by atoms with Gasteiger partial charge in [0.2, 0.25) is 5.91 Å². The van der Waals surface area contributed by atoms with Gasteiger partial charge in [0, 0.05) is 23.1 Å². The summed E-state index contributed by atoms with van der Waals surface area (Å²) in [5.41, 5.74) is 0.675. The van der Waals surface area contributed by atoms with Crippen LogP contribution in [-0.2, 0) is 4.79 Å². The van der Waals surface area contributed by atoms with E-state index in [0.29, 0.717) is 24.6 Å². The van der Waals surface area contributed by atoms with Crippen LogP contribution in [0.5, 0.6) is 0 Å². The minimum Gasteiger partial charge on any atom is -0.355 e. The Morgan fingerprint density at radius 3 is 2.67 bits per heavy atom. The fraction of sp³-hybridized carbons (Fsp3) is 0.556. The topological polar surface area (TPSA) is 61.4 Å². The molecule has 1 heterocycles. The lowest BCUT2D eigenvalue weighted by atomic mass is 9.96. The van der Waals surface area contributed by atoms with Gasteiger partial charge in [-0.2, -0.15) is 0 Å². The molecule has 0 aromatic heterocycles. The van der Waals surface area contributed by atoms with E-state index in [1.54, 1.807) is 0 Å².